The van der Waals surface area contributed by atoms with E-state index in [-0.39, 0.29) is 0 Å². The van der Waals surface area contributed by atoms with Crippen molar-refractivity contribution in [3.8, 4) is 17.6 Å². The lowest BCUT2D eigenvalue weighted by atomic mass is 10.0. The van der Waals surface area contributed by atoms with E-state index in [1.165, 1.54) is 5.56 Å². The molecule has 2 heteroatoms. The average Bonchev–Trinajstić information content (AvgIpc) is 2.41. The summed E-state index contributed by atoms with van der Waals surface area (Å²) in [5.74, 6) is 1.90. The Morgan fingerprint density at radius 1 is 1.05 bits per heavy atom. The monoisotopic (exact) mass is 251 g/mol. The van der Waals surface area contributed by atoms with E-state index in [9.17, 15) is 0 Å². The number of benzene rings is 2. The Labute approximate surface area is 114 Å². The molecular formula is C17H17NO. The van der Waals surface area contributed by atoms with Crippen molar-refractivity contribution in [3.05, 3.63) is 59.2 Å². The van der Waals surface area contributed by atoms with Gasteiger partial charge in [0.15, 0.2) is 0 Å². The first-order valence-corrected chi connectivity index (χ1v) is 6.39. The highest BCUT2D eigenvalue weighted by atomic mass is 16.5. The van der Waals surface area contributed by atoms with Gasteiger partial charge >= 0.3 is 0 Å². The van der Waals surface area contributed by atoms with Gasteiger partial charge in [-0.25, -0.2) is 0 Å². The van der Waals surface area contributed by atoms with Crippen LogP contribution < -0.4 is 4.74 Å². The highest BCUT2D eigenvalue weighted by Gasteiger charge is 2.08. The zero-order valence-electron chi connectivity index (χ0n) is 11.5. The quantitative estimate of drug-likeness (QED) is 0.786. The lowest BCUT2D eigenvalue weighted by molar-refractivity contribution is 0.477. The van der Waals surface area contributed by atoms with Crippen LogP contribution in [-0.2, 0) is 0 Å². The SMILES string of the molecule is Cc1cccc(C#N)c1Oc1ccc(C(C)C)cc1. The minimum absolute atomic E-state index is 0.502. The van der Waals surface area contributed by atoms with Gasteiger partial charge in [0.1, 0.15) is 17.6 Å². The first-order valence-electron chi connectivity index (χ1n) is 6.39. The summed E-state index contributed by atoms with van der Waals surface area (Å²) in [7, 11) is 0. The Morgan fingerprint density at radius 3 is 2.32 bits per heavy atom. The minimum atomic E-state index is 0.502. The molecule has 0 radical (unpaired) electrons. The third kappa shape index (κ3) is 2.95. The summed E-state index contributed by atoms with van der Waals surface area (Å²) in [6.45, 7) is 6.26. The number of hydrogen-bond donors (Lipinski definition) is 0. The number of nitrogens with zero attached hydrogens (tertiary/aromatic N) is 1. The standard InChI is InChI=1S/C17H17NO/c1-12(2)14-7-9-16(10-8-14)19-17-13(3)5-4-6-15(17)11-18/h4-10,12H,1-3H3. The van der Waals surface area contributed by atoms with Crippen LogP contribution in [0.5, 0.6) is 11.5 Å². The summed E-state index contributed by atoms with van der Waals surface area (Å²) in [6.07, 6.45) is 0. The first kappa shape index (κ1) is 13.2. The third-order valence-electron chi connectivity index (χ3n) is 3.10. The predicted octanol–water partition coefficient (Wildman–Crippen LogP) is 4.78. The molecule has 0 heterocycles. The maximum absolute atomic E-state index is 9.11. The molecule has 0 spiro atoms. The van der Waals surface area contributed by atoms with E-state index in [0.717, 1.165) is 11.3 Å². The van der Waals surface area contributed by atoms with Crippen molar-refractivity contribution < 1.29 is 4.74 Å². The van der Waals surface area contributed by atoms with Gasteiger partial charge in [0.05, 0.1) is 5.56 Å². The topological polar surface area (TPSA) is 33.0 Å². The van der Waals surface area contributed by atoms with Crippen LogP contribution >= 0.6 is 0 Å². The fourth-order valence-electron chi connectivity index (χ4n) is 1.91. The van der Waals surface area contributed by atoms with E-state index < -0.39 is 0 Å². The molecule has 0 saturated carbocycles. The van der Waals surface area contributed by atoms with Crippen LogP contribution in [0.3, 0.4) is 0 Å². The molecule has 96 valence electrons. The Hall–Kier alpha value is -2.27. The van der Waals surface area contributed by atoms with Crippen molar-refractivity contribution in [2.75, 3.05) is 0 Å². The Kier molecular flexibility index (Phi) is 3.87. The maximum Gasteiger partial charge on any atom is 0.148 e. The summed E-state index contributed by atoms with van der Waals surface area (Å²) in [5, 5.41) is 9.11. The molecular weight excluding hydrogens is 234 g/mol. The van der Waals surface area contributed by atoms with Gasteiger partial charge in [-0.05, 0) is 42.2 Å². The molecule has 0 saturated heterocycles. The summed E-state index contributed by atoms with van der Waals surface area (Å²) in [5.41, 5.74) is 2.80. The summed E-state index contributed by atoms with van der Waals surface area (Å²) >= 11 is 0. The summed E-state index contributed by atoms with van der Waals surface area (Å²) in [6, 6.07) is 15.8. The molecule has 0 atom stereocenters. The molecule has 19 heavy (non-hydrogen) atoms. The normalized spacial score (nSPS) is 10.3. The highest BCUT2D eigenvalue weighted by Crippen LogP contribution is 2.29. The van der Waals surface area contributed by atoms with E-state index in [1.54, 1.807) is 6.07 Å². The van der Waals surface area contributed by atoms with Crippen molar-refractivity contribution in [1.29, 1.82) is 5.26 Å². The second-order valence-electron chi connectivity index (χ2n) is 4.89. The minimum Gasteiger partial charge on any atom is -0.456 e. The van der Waals surface area contributed by atoms with Crippen molar-refractivity contribution in [3.63, 3.8) is 0 Å². The molecule has 0 aliphatic carbocycles. The predicted molar refractivity (Wildman–Crippen MR) is 76.5 cm³/mol. The van der Waals surface area contributed by atoms with Gasteiger partial charge < -0.3 is 4.74 Å². The van der Waals surface area contributed by atoms with Gasteiger partial charge in [0.2, 0.25) is 0 Å². The Morgan fingerprint density at radius 2 is 1.74 bits per heavy atom. The largest absolute Gasteiger partial charge is 0.456 e. The first-order chi connectivity index (χ1) is 9.11. The summed E-state index contributed by atoms with van der Waals surface area (Å²) < 4.78 is 5.84. The third-order valence-corrected chi connectivity index (χ3v) is 3.10. The molecule has 0 N–H and O–H groups in total. The average molecular weight is 251 g/mol. The van der Waals surface area contributed by atoms with Gasteiger partial charge in [-0.15, -0.1) is 0 Å². The van der Waals surface area contributed by atoms with Crippen molar-refractivity contribution >= 4 is 0 Å². The van der Waals surface area contributed by atoms with E-state index in [4.69, 9.17) is 10.00 Å². The smallest absolute Gasteiger partial charge is 0.148 e. The molecule has 0 amide bonds. The van der Waals surface area contributed by atoms with Crippen molar-refractivity contribution in [2.24, 2.45) is 0 Å². The molecule has 0 unspecified atom stereocenters. The molecule has 0 bridgehead atoms. The van der Waals surface area contributed by atoms with Gasteiger partial charge in [-0.3, -0.25) is 0 Å². The number of ether oxygens (including phenoxy) is 1. The van der Waals surface area contributed by atoms with Crippen molar-refractivity contribution in [2.45, 2.75) is 26.7 Å². The van der Waals surface area contributed by atoms with Gasteiger partial charge in [0, 0.05) is 0 Å². The summed E-state index contributed by atoms with van der Waals surface area (Å²) in [4.78, 5) is 0. The van der Waals surface area contributed by atoms with Gasteiger partial charge in [-0.1, -0.05) is 38.1 Å². The highest BCUT2D eigenvalue weighted by molar-refractivity contribution is 5.50. The van der Waals surface area contributed by atoms with Crippen LogP contribution in [-0.4, -0.2) is 0 Å². The number of hydrogen-bond acceptors (Lipinski definition) is 2. The van der Waals surface area contributed by atoms with Crippen LogP contribution in [0.4, 0.5) is 0 Å². The molecule has 2 aromatic carbocycles. The second kappa shape index (κ2) is 5.58. The lowest BCUT2D eigenvalue weighted by Crippen LogP contribution is -1.92. The molecule has 2 rings (SSSR count). The molecule has 2 nitrogen and oxygen atoms in total. The number of nitriles is 1. The molecule has 0 fully saturated rings. The fourth-order valence-corrected chi connectivity index (χ4v) is 1.91. The van der Waals surface area contributed by atoms with Crippen LogP contribution in [0.15, 0.2) is 42.5 Å². The fraction of sp³-hybridized carbons (Fsp3) is 0.235. The second-order valence-corrected chi connectivity index (χ2v) is 4.89. The molecule has 0 aliphatic heterocycles. The maximum atomic E-state index is 9.11. The van der Waals surface area contributed by atoms with E-state index in [0.29, 0.717) is 17.2 Å². The zero-order chi connectivity index (χ0) is 13.8. The Balaban J connectivity index is 2.29. The van der Waals surface area contributed by atoms with Gasteiger partial charge in [-0.2, -0.15) is 5.26 Å². The van der Waals surface area contributed by atoms with Crippen LogP contribution in [0.25, 0.3) is 0 Å². The van der Waals surface area contributed by atoms with Crippen LogP contribution in [0, 0.1) is 18.3 Å². The lowest BCUT2D eigenvalue weighted by Gasteiger charge is -2.11. The number of para-hydroxylation sites is 1. The van der Waals surface area contributed by atoms with E-state index >= 15 is 0 Å². The van der Waals surface area contributed by atoms with E-state index in [1.807, 2.05) is 31.2 Å². The van der Waals surface area contributed by atoms with Crippen LogP contribution in [0.1, 0.15) is 36.5 Å². The number of rotatable bonds is 3. The van der Waals surface area contributed by atoms with Gasteiger partial charge in [0.25, 0.3) is 0 Å². The van der Waals surface area contributed by atoms with Crippen LogP contribution in [0.2, 0.25) is 0 Å². The van der Waals surface area contributed by atoms with Crippen molar-refractivity contribution in [1.82, 2.24) is 0 Å². The number of aryl methyl sites for hydroxylation is 1. The van der Waals surface area contributed by atoms with E-state index in [2.05, 4.69) is 32.0 Å². The zero-order valence-corrected chi connectivity index (χ0v) is 11.5. The molecule has 2 aromatic rings. The molecule has 0 aromatic heterocycles. The molecule has 0 aliphatic rings. The Bertz CT molecular complexity index is 606.